The third kappa shape index (κ3) is 4.93. The first-order valence-corrected chi connectivity index (χ1v) is 11.3. The van der Waals surface area contributed by atoms with Gasteiger partial charge in [0.1, 0.15) is 11.4 Å². The fourth-order valence-corrected chi connectivity index (χ4v) is 4.52. The van der Waals surface area contributed by atoms with E-state index in [1.165, 1.54) is 0 Å². The van der Waals surface area contributed by atoms with Gasteiger partial charge in [-0.2, -0.15) is 0 Å². The number of amides is 1. The molecular formula is C26H33N3O2. The number of methoxy groups -OCH3 is 1. The topological polar surface area (TPSA) is 46.5 Å². The molecule has 164 valence electrons. The van der Waals surface area contributed by atoms with E-state index in [4.69, 9.17) is 4.74 Å². The number of hydrogen-bond acceptors (Lipinski definition) is 3. The number of nitrogens with one attached hydrogen (secondary N) is 1. The van der Waals surface area contributed by atoms with E-state index in [-0.39, 0.29) is 5.91 Å². The smallest absolute Gasteiger partial charge is 0.267 e. The van der Waals surface area contributed by atoms with Crippen LogP contribution in [0.15, 0.2) is 54.6 Å². The van der Waals surface area contributed by atoms with Crippen LogP contribution in [-0.4, -0.2) is 48.2 Å². The molecule has 1 aromatic heterocycles. The molecule has 1 saturated heterocycles. The minimum Gasteiger partial charge on any atom is -0.497 e. The van der Waals surface area contributed by atoms with E-state index >= 15 is 0 Å². The summed E-state index contributed by atoms with van der Waals surface area (Å²) >= 11 is 0. The Balaban J connectivity index is 1.50. The molecule has 31 heavy (non-hydrogen) atoms. The van der Waals surface area contributed by atoms with Gasteiger partial charge in [-0.1, -0.05) is 30.3 Å². The number of benzene rings is 2. The number of carbonyl (C=O) groups is 1. The summed E-state index contributed by atoms with van der Waals surface area (Å²) in [6, 6.07) is 18.8. The second-order valence-corrected chi connectivity index (χ2v) is 8.81. The number of fused-ring (bicyclic) bond motifs is 1. The Bertz CT molecular complexity index is 1030. The van der Waals surface area contributed by atoms with Crippen LogP contribution in [0.4, 0.5) is 0 Å². The van der Waals surface area contributed by atoms with E-state index in [2.05, 4.69) is 46.8 Å². The van der Waals surface area contributed by atoms with Crippen LogP contribution in [0.3, 0.4) is 0 Å². The Kier molecular flexibility index (Phi) is 6.62. The second kappa shape index (κ2) is 9.56. The van der Waals surface area contributed by atoms with Crippen molar-refractivity contribution < 1.29 is 9.53 Å². The molecule has 4 rings (SSSR count). The van der Waals surface area contributed by atoms with Gasteiger partial charge in [-0.15, -0.1) is 0 Å². The van der Waals surface area contributed by atoms with Gasteiger partial charge in [0.2, 0.25) is 0 Å². The largest absolute Gasteiger partial charge is 0.497 e. The Labute approximate surface area is 185 Å². The van der Waals surface area contributed by atoms with Crippen LogP contribution in [0.1, 0.15) is 42.7 Å². The van der Waals surface area contributed by atoms with Crippen LogP contribution in [0.2, 0.25) is 0 Å². The Morgan fingerprint density at radius 1 is 1.10 bits per heavy atom. The molecule has 2 aromatic carbocycles. The van der Waals surface area contributed by atoms with Gasteiger partial charge in [0.25, 0.3) is 5.91 Å². The van der Waals surface area contributed by atoms with Gasteiger partial charge >= 0.3 is 0 Å². The minimum absolute atomic E-state index is 0.00499. The van der Waals surface area contributed by atoms with Crippen molar-refractivity contribution in [2.45, 2.75) is 39.3 Å². The maximum Gasteiger partial charge on any atom is 0.267 e. The monoisotopic (exact) mass is 419 g/mol. The number of piperidine rings is 1. The van der Waals surface area contributed by atoms with Gasteiger partial charge in [0.05, 0.1) is 7.11 Å². The summed E-state index contributed by atoms with van der Waals surface area (Å²) in [5, 5.41) is 4.30. The molecule has 1 fully saturated rings. The number of nitrogens with zero attached hydrogens (tertiary/aromatic N) is 2. The number of ether oxygens (including phenoxy) is 1. The van der Waals surface area contributed by atoms with Crippen molar-refractivity contribution in [1.29, 1.82) is 0 Å². The number of likely N-dealkylation sites (tertiary alicyclic amines) is 1. The van der Waals surface area contributed by atoms with Crippen molar-refractivity contribution in [3.8, 4) is 5.75 Å². The van der Waals surface area contributed by atoms with E-state index < -0.39 is 0 Å². The van der Waals surface area contributed by atoms with Crippen molar-refractivity contribution in [3.63, 3.8) is 0 Å². The van der Waals surface area contributed by atoms with Gasteiger partial charge in [0.15, 0.2) is 0 Å². The summed E-state index contributed by atoms with van der Waals surface area (Å²) in [5.74, 6) is 1.38. The van der Waals surface area contributed by atoms with Crippen molar-refractivity contribution in [2.24, 2.45) is 5.92 Å². The summed E-state index contributed by atoms with van der Waals surface area (Å²) in [6.45, 7) is 8.11. The van der Waals surface area contributed by atoms with Gasteiger partial charge < -0.3 is 19.5 Å². The number of rotatable bonds is 7. The molecule has 1 aliphatic rings. The first-order valence-electron chi connectivity index (χ1n) is 11.3. The highest BCUT2D eigenvalue weighted by atomic mass is 16.5. The van der Waals surface area contributed by atoms with Crippen LogP contribution in [0.5, 0.6) is 5.75 Å². The Morgan fingerprint density at radius 2 is 1.87 bits per heavy atom. The van der Waals surface area contributed by atoms with Crippen molar-refractivity contribution in [1.82, 2.24) is 14.8 Å². The molecule has 5 nitrogen and oxygen atoms in total. The molecule has 0 bridgehead atoms. The standard InChI is InChI=1S/C26H33N3O2/c1-19(2)28-13-11-20(12-14-28)17-27-26(30)25-16-22-8-4-5-10-24(22)29(25)18-21-7-6-9-23(15-21)31-3/h4-10,15-16,19-20H,11-14,17-18H2,1-3H3,(H,27,30). The van der Waals surface area contributed by atoms with Gasteiger partial charge in [-0.25, -0.2) is 0 Å². The van der Waals surface area contributed by atoms with Crippen molar-refractivity contribution in [3.05, 3.63) is 65.9 Å². The van der Waals surface area contributed by atoms with E-state index in [1.54, 1.807) is 7.11 Å². The number of aromatic nitrogens is 1. The van der Waals surface area contributed by atoms with Crippen molar-refractivity contribution in [2.75, 3.05) is 26.7 Å². The zero-order chi connectivity index (χ0) is 21.8. The fraction of sp³-hybridized carbons (Fsp3) is 0.423. The zero-order valence-corrected chi connectivity index (χ0v) is 18.8. The first kappa shape index (κ1) is 21.4. The summed E-state index contributed by atoms with van der Waals surface area (Å²) in [4.78, 5) is 15.7. The summed E-state index contributed by atoms with van der Waals surface area (Å²) < 4.78 is 7.49. The predicted octanol–water partition coefficient (Wildman–Crippen LogP) is 4.55. The number of para-hydroxylation sites is 1. The fourth-order valence-electron chi connectivity index (χ4n) is 4.52. The summed E-state index contributed by atoms with van der Waals surface area (Å²) in [7, 11) is 1.68. The molecule has 3 aromatic rings. The van der Waals surface area contributed by atoms with E-state index in [0.717, 1.165) is 54.7 Å². The maximum atomic E-state index is 13.2. The average molecular weight is 420 g/mol. The maximum absolute atomic E-state index is 13.2. The molecule has 0 aliphatic carbocycles. The van der Waals surface area contributed by atoms with Gasteiger partial charge in [-0.3, -0.25) is 4.79 Å². The molecular weight excluding hydrogens is 386 g/mol. The molecule has 0 radical (unpaired) electrons. The lowest BCUT2D eigenvalue weighted by atomic mass is 9.96. The van der Waals surface area contributed by atoms with Crippen LogP contribution in [0, 0.1) is 5.92 Å². The van der Waals surface area contributed by atoms with Crippen LogP contribution < -0.4 is 10.1 Å². The SMILES string of the molecule is COc1cccc(Cn2c(C(=O)NCC3CCN(C(C)C)CC3)cc3ccccc32)c1. The van der Waals surface area contributed by atoms with Crippen LogP contribution >= 0.6 is 0 Å². The minimum atomic E-state index is 0.00499. The van der Waals surface area contributed by atoms with Crippen molar-refractivity contribution >= 4 is 16.8 Å². The lowest BCUT2D eigenvalue weighted by molar-refractivity contribution is 0.0921. The highest BCUT2D eigenvalue weighted by Crippen LogP contribution is 2.23. The van der Waals surface area contributed by atoms with E-state index in [9.17, 15) is 4.79 Å². The summed E-state index contributed by atoms with van der Waals surface area (Å²) in [6.07, 6.45) is 2.29. The molecule has 1 aliphatic heterocycles. The third-order valence-electron chi connectivity index (χ3n) is 6.45. The van der Waals surface area contributed by atoms with Crippen LogP contribution in [0.25, 0.3) is 10.9 Å². The van der Waals surface area contributed by atoms with Crippen LogP contribution in [-0.2, 0) is 6.54 Å². The molecule has 0 atom stereocenters. The molecule has 0 saturated carbocycles. The summed E-state index contributed by atoms with van der Waals surface area (Å²) in [5.41, 5.74) is 2.89. The van der Waals surface area contributed by atoms with Gasteiger partial charge in [-0.05, 0) is 75.5 Å². The molecule has 1 N–H and O–H groups in total. The number of hydrogen-bond donors (Lipinski definition) is 1. The third-order valence-corrected chi connectivity index (χ3v) is 6.45. The molecule has 1 amide bonds. The zero-order valence-electron chi connectivity index (χ0n) is 18.8. The predicted molar refractivity (Wildman–Crippen MR) is 126 cm³/mol. The Morgan fingerprint density at radius 3 is 2.61 bits per heavy atom. The first-order chi connectivity index (χ1) is 15.0. The number of carbonyl (C=O) groups excluding carboxylic acids is 1. The van der Waals surface area contributed by atoms with Gasteiger partial charge in [0, 0.05) is 30.0 Å². The van der Waals surface area contributed by atoms with E-state index in [0.29, 0.717) is 24.2 Å². The average Bonchev–Trinajstić information content (AvgIpc) is 3.16. The highest BCUT2D eigenvalue weighted by Gasteiger charge is 2.22. The molecule has 5 heteroatoms. The normalized spacial score (nSPS) is 15.5. The lowest BCUT2D eigenvalue weighted by Gasteiger charge is -2.34. The lowest BCUT2D eigenvalue weighted by Crippen LogP contribution is -2.41. The van der Waals surface area contributed by atoms with E-state index in [1.807, 2.05) is 36.4 Å². The quantitative estimate of drug-likeness (QED) is 0.611. The second-order valence-electron chi connectivity index (χ2n) is 8.81. The highest BCUT2D eigenvalue weighted by molar-refractivity contribution is 5.98. The Hall–Kier alpha value is -2.79. The molecule has 2 heterocycles. The molecule has 0 spiro atoms. The molecule has 0 unspecified atom stereocenters.